The van der Waals surface area contributed by atoms with Crippen LogP contribution in [-0.4, -0.2) is 6.79 Å². The topological polar surface area (TPSA) is 18.5 Å². The molecule has 0 bridgehead atoms. The van der Waals surface area contributed by atoms with Crippen molar-refractivity contribution in [2.24, 2.45) is 0 Å². The molecule has 0 amide bonds. The molecule has 1 aliphatic rings. The van der Waals surface area contributed by atoms with Crippen LogP contribution in [0.15, 0.2) is 12.1 Å². The van der Waals surface area contributed by atoms with E-state index < -0.39 is 0 Å². The highest BCUT2D eigenvalue weighted by molar-refractivity contribution is 6.30. The zero-order valence-electron chi connectivity index (χ0n) is 6.76. The van der Waals surface area contributed by atoms with Gasteiger partial charge in [-0.2, -0.15) is 0 Å². The van der Waals surface area contributed by atoms with Crippen molar-refractivity contribution in [2.45, 2.75) is 13.3 Å². The summed E-state index contributed by atoms with van der Waals surface area (Å²) in [5.41, 5.74) is 1.11. The molecule has 1 aromatic rings. The van der Waals surface area contributed by atoms with Crippen LogP contribution in [0.25, 0.3) is 0 Å². The van der Waals surface area contributed by atoms with Gasteiger partial charge in [0, 0.05) is 11.1 Å². The van der Waals surface area contributed by atoms with Gasteiger partial charge in [-0.1, -0.05) is 18.5 Å². The standard InChI is InChI=1S/C9H9ClO2/c1-2-6-3-7(10)4-8-9(6)12-5-11-8/h3-4H,2,5H2,1H3. The first-order chi connectivity index (χ1) is 5.81. The largest absolute Gasteiger partial charge is 0.454 e. The summed E-state index contributed by atoms with van der Waals surface area (Å²) in [7, 11) is 0. The molecular weight excluding hydrogens is 176 g/mol. The van der Waals surface area contributed by atoms with Crippen molar-refractivity contribution in [3.05, 3.63) is 22.7 Å². The van der Waals surface area contributed by atoms with E-state index in [1.54, 1.807) is 6.07 Å². The van der Waals surface area contributed by atoms with E-state index in [2.05, 4.69) is 6.92 Å². The maximum Gasteiger partial charge on any atom is 0.231 e. The maximum absolute atomic E-state index is 5.87. The van der Waals surface area contributed by atoms with Crippen molar-refractivity contribution in [3.63, 3.8) is 0 Å². The van der Waals surface area contributed by atoms with Gasteiger partial charge in [0.15, 0.2) is 11.5 Å². The summed E-state index contributed by atoms with van der Waals surface area (Å²) in [6.07, 6.45) is 0.909. The zero-order chi connectivity index (χ0) is 8.55. The number of benzene rings is 1. The van der Waals surface area contributed by atoms with E-state index in [0.29, 0.717) is 11.8 Å². The number of aryl methyl sites for hydroxylation is 1. The molecule has 12 heavy (non-hydrogen) atoms. The number of hydrogen-bond donors (Lipinski definition) is 0. The summed E-state index contributed by atoms with van der Waals surface area (Å²) in [6, 6.07) is 3.69. The molecule has 0 saturated heterocycles. The highest BCUT2D eigenvalue weighted by Gasteiger charge is 2.17. The minimum Gasteiger partial charge on any atom is -0.454 e. The monoisotopic (exact) mass is 184 g/mol. The Kier molecular flexibility index (Phi) is 1.85. The van der Waals surface area contributed by atoms with E-state index in [-0.39, 0.29) is 0 Å². The predicted molar refractivity (Wildman–Crippen MR) is 47.0 cm³/mol. The van der Waals surface area contributed by atoms with Crippen LogP contribution < -0.4 is 9.47 Å². The lowest BCUT2D eigenvalue weighted by molar-refractivity contribution is 0.173. The second-order valence-electron chi connectivity index (χ2n) is 2.65. The van der Waals surface area contributed by atoms with E-state index in [4.69, 9.17) is 21.1 Å². The Morgan fingerprint density at radius 3 is 3.00 bits per heavy atom. The number of halogens is 1. The van der Waals surface area contributed by atoms with Crippen LogP contribution in [0.3, 0.4) is 0 Å². The second kappa shape index (κ2) is 2.87. The first-order valence-corrected chi connectivity index (χ1v) is 4.27. The third-order valence-electron chi connectivity index (χ3n) is 1.90. The van der Waals surface area contributed by atoms with Gasteiger partial charge in [-0.15, -0.1) is 0 Å². The normalized spacial score (nSPS) is 13.5. The van der Waals surface area contributed by atoms with Crippen LogP contribution in [0, 0.1) is 0 Å². The Bertz CT molecular complexity index is 310. The van der Waals surface area contributed by atoms with E-state index >= 15 is 0 Å². The van der Waals surface area contributed by atoms with Crippen LogP contribution in [0.1, 0.15) is 12.5 Å². The van der Waals surface area contributed by atoms with Crippen LogP contribution in [0.5, 0.6) is 11.5 Å². The molecule has 0 atom stereocenters. The molecule has 0 N–H and O–H groups in total. The van der Waals surface area contributed by atoms with E-state index in [9.17, 15) is 0 Å². The molecule has 1 heterocycles. The minimum absolute atomic E-state index is 0.308. The summed E-state index contributed by atoms with van der Waals surface area (Å²) < 4.78 is 10.5. The van der Waals surface area contributed by atoms with Gasteiger partial charge in [0.05, 0.1) is 0 Å². The molecule has 1 aliphatic heterocycles. The fraction of sp³-hybridized carbons (Fsp3) is 0.333. The molecular formula is C9H9ClO2. The van der Waals surface area contributed by atoms with Gasteiger partial charge >= 0.3 is 0 Å². The Balaban J connectivity index is 2.55. The average Bonchev–Trinajstić information content (AvgIpc) is 2.50. The Labute approximate surface area is 76.1 Å². The lowest BCUT2D eigenvalue weighted by Gasteiger charge is -2.02. The van der Waals surface area contributed by atoms with Crippen LogP contribution in [0.4, 0.5) is 0 Å². The first-order valence-electron chi connectivity index (χ1n) is 3.89. The van der Waals surface area contributed by atoms with Gasteiger partial charge < -0.3 is 9.47 Å². The third kappa shape index (κ3) is 1.12. The molecule has 1 aromatic carbocycles. The fourth-order valence-corrected chi connectivity index (χ4v) is 1.54. The molecule has 0 fully saturated rings. The quantitative estimate of drug-likeness (QED) is 0.668. The van der Waals surface area contributed by atoms with Gasteiger partial charge in [-0.25, -0.2) is 0 Å². The zero-order valence-corrected chi connectivity index (χ0v) is 7.52. The predicted octanol–water partition coefficient (Wildman–Crippen LogP) is 2.63. The molecule has 64 valence electrons. The number of fused-ring (bicyclic) bond motifs is 1. The number of rotatable bonds is 1. The molecule has 0 aliphatic carbocycles. The van der Waals surface area contributed by atoms with Crippen LogP contribution in [0.2, 0.25) is 5.02 Å². The van der Waals surface area contributed by atoms with E-state index in [1.165, 1.54) is 0 Å². The molecule has 0 aromatic heterocycles. The van der Waals surface area contributed by atoms with Crippen molar-refractivity contribution in [1.29, 1.82) is 0 Å². The summed E-state index contributed by atoms with van der Waals surface area (Å²) in [5.74, 6) is 1.61. The van der Waals surface area contributed by atoms with Crippen molar-refractivity contribution in [2.75, 3.05) is 6.79 Å². The molecule has 0 radical (unpaired) electrons. The summed E-state index contributed by atoms with van der Waals surface area (Å²) in [5, 5.41) is 0.705. The molecule has 2 rings (SSSR count). The fourth-order valence-electron chi connectivity index (χ4n) is 1.31. The smallest absolute Gasteiger partial charge is 0.231 e. The SMILES string of the molecule is CCc1cc(Cl)cc2c1OCO2. The Hall–Kier alpha value is -0.890. The minimum atomic E-state index is 0.308. The summed E-state index contributed by atoms with van der Waals surface area (Å²) in [4.78, 5) is 0. The van der Waals surface area contributed by atoms with Gasteiger partial charge in [0.2, 0.25) is 6.79 Å². The van der Waals surface area contributed by atoms with Crippen LogP contribution >= 0.6 is 11.6 Å². The molecule has 0 saturated carbocycles. The summed E-state index contributed by atoms with van der Waals surface area (Å²) in [6.45, 7) is 2.37. The van der Waals surface area contributed by atoms with E-state index in [0.717, 1.165) is 23.5 Å². The van der Waals surface area contributed by atoms with Crippen molar-refractivity contribution in [3.8, 4) is 11.5 Å². The molecule has 3 heteroatoms. The number of hydrogen-bond acceptors (Lipinski definition) is 2. The second-order valence-corrected chi connectivity index (χ2v) is 3.09. The summed E-state index contributed by atoms with van der Waals surface area (Å²) >= 11 is 5.87. The van der Waals surface area contributed by atoms with Crippen molar-refractivity contribution in [1.82, 2.24) is 0 Å². The first kappa shape index (κ1) is 7.74. The third-order valence-corrected chi connectivity index (χ3v) is 2.11. The average molecular weight is 185 g/mol. The van der Waals surface area contributed by atoms with Gasteiger partial charge in [-0.3, -0.25) is 0 Å². The van der Waals surface area contributed by atoms with Gasteiger partial charge in [0.25, 0.3) is 0 Å². The van der Waals surface area contributed by atoms with E-state index in [1.807, 2.05) is 6.07 Å². The molecule has 2 nitrogen and oxygen atoms in total. The Morgan fingerprint density at radius 1 is 1.42 bits per heavy atom. The van der Waals surface area contributed by atoms with Gasteiger partial charge in [0.1, 0.15) is 0 Å². The van der Waals surface area contributed by atoms with Crippen molar-refractivity contribution < 1.29 is 9.47 Å². The lowest BCUT2D eigenvalue weighted by Crippen LogP contribution is -1.94. The molecule has 0 spiro atoms. The van der Waals surface area contributed by atoms with Crippen molar-refractivity contribution >= 4 is 11.6 Å². The van der Waals surface area contributed by atoms with Crippen LogP contribution in [-0.2, 0) is 6.42 Å². The lowest BCUT2D eigenvalue weighted by atomic mass is 10.1. The maximum atomic E-state index is 5.87. The highest BCUT2D eigenvalue weighted by Crippen LogP contribution is 2.38. The Morgan fingerprint density at radius 2 is 2.25 bits per heavy atom. The number of ether oxygens (including phenoxy) is 2. The highest BCUT2D eigenvalue weighted by atomic mass is 35.5. The molecule has 0 unspecified atom stereocenters. The van der Waals surface area contributed by atoms with Gasteiger partial charge in [-0.05, 0) is 18.1 Å².